The molecule has 0 aliphatic carbocycles. The van der Waals surface area contributed by atoms with Gasteiger partial charge in [0.25, 0.3) is 11.5 Å². The average Bonchev–Trinajstić information content (AvgIpc) is 3.40. The minimum absolute atomic E-state index is 0.234. The van der Waals surface area contributed by atoms with E-state index in [1.165, 1.54) is 10.9 Å². The number of halogens is 1. The highest BCUT2D eigenvalue weighted by molar-refractivity contribution is 6.30. The summed E-state index contributed by atoms with van der Waals surface area (Å²) in [6.07, 6.45) is 1.54. The molecule has 1 N–H and O–H groups in total. The largest absolute Gasteiger partial charge is 0.497 e. The maximum atomic E-state index is 13.4. The number of ether oxygens (including phenoxy) is 2. The van der Waals surface area contributed by atoms with Crippen LogP contribution in [0.3, 0.4) is 0 Å². The van der Waals surface area contributed by atoms with Crippen LogP contribution in [0.5, 0.6) is 11.5 Å². The number of aromatic nitrogens is 4. The van der Waals surface area contributed by atoms with E-state index in [-0.39, 0.29) is 24.6 Å². The van der Waals surface area contributed by atoms with E-state index in [0.29, 0.717) is 39.6 Å². The van der Waals surface area contributed by atoms with E-state index in [9.17, 15) is 9.59 Å². The second kappa shape index (κ2) is 10.1. The maximum absolute atomic E-state index is 13.4. The van der Waals surface area contributed by atoms with Gasteiger partial charge in [-0.2, -0.15) is 0 Å². The second-order valence-electron chi connectivity index (χ2n) is 8.02. The number of methoxy groups -OCH3 is 1. The Hall–Kier alpha value is -4.37. The van der Waals surface area contributed by atoms with E-state index in [4.69, 9.17) is 21.1 Å². The van der Waals surface area contributed by atoms with Crippen molar-refractivity contribution >= 4 is 34.2 Å². The van der Waals surface area contributed by atoms with Gasteiger partial charge in [0, 0.05) is 17.1 Å². The van der Waals surface area contributed by atoms with Crippen molar-refractivity contribution in [3.8, 4) is 11.5 Å². The fourth-order valence-electron chi connectivity index (χ4n) is 3.89. The predicted molar refractivity (Wildman–Crippen MR) is 136 cm³/mol. The first kappa shape index (κ1) is 23.4. The molecule has 0 radical (unpaired) electrons. The zero-order valence-electron chi connectivity index (χ0n) is 19.3. The van der Waals surface area contributed by atoms with E-state index in [1.807, 2.05) is 24.3 Å². The summed E-state index contributed by atoms with van der Waals surface area (Å²) < 4.78 is 14.1. The van der Waals surface area contributed by atoms with Crippen LogP contribution in [0.25, 0.3) is 16.7 Å². The number of hydrogen-bond acceptors (Lipinski definition) is 6. The molecule has 0 saturated heterocycles. The topological polar surface area (TPSA) is 99.8 Å². The number of hydrogen-bond donors (Lipinski definition) is 1. The van der Waals surface area contributed by atoms with Gasteiger partial charge in [-0.25, -0.2) is 0 Å². The van der Waals surface area contributed by atoms with Crippen molar-refractivity contribution in [2.45, 2.75) is 13.1 Å². The maximum Gasteiger partial charge on any atom is 0.262 e. The molecule has 0 atom stereocenters. The van der Waals surface area contributed by atoms with Gasteiger partial charge in [-0.1, -0.05) is 23.7 Å². The molecule has 5 aromatic rings. The fourth-order valence-corrected chi connectivity index (χ4v) is 4.02. The molecule has 2 aromatic heterocycles. The van der Waals surface area contributed by atoms with Gasteiger partial charge in [0.2, 0.25) is 5.78 Å². The third-order valence-corrected chi connectivity index (χ3v) is 6.03. The first-order chi connectivity index (χ1) is 17.5. The van der Waals surface area contributed by atoms with Gasteiger partial charge >= 0.3 is 0 Å². The molecule has 5 rings (SSSR count). The van der Waals surface area contributed by atoms with Crippen LogP contribution in [-0.4, -0.2) is 38.8 Å². The molecule has 2 heterocycles. The van der Waals surface area contributed by atoms with Crippen LogP contribution in [-0.2, 0) is 13.1 Å². The van der Waals surface area contributed by atoms with E-state index >= 15 is 0 Å². The number of amides is 1. The van der Waals surface area contributed by atoms with Crippen LogP contribution in [0.1, 0.15) is 15.9 Å². The van der Waals surface area contributed by atoms with E-state index in [2.05, 4.69) is 15.5 Å². The molecular weight excluding hydrogens is 482 g/mol. The molecule has 36 heavy (non-hydrogen) atoms. The second-order valence-corrected chi connectivity index (χ2v) is 8.46. The van der Waals surface area contributed by atoms with Crippen molar-refractivity contribution < 1.29 is 14.3 Å². The Bertz CT molecular complexity index is 1590. The van der Waals surface area contributed by atoms with E-state index in [0.717, 1.165) is 11.3 Å². The fraction of sp³-hybridized carbons (Fsp3) is 0.154. The molecule has 0 bridgehead atoms. The summed E-state index contributed by atoms with van der Waals surface area (Å²) in [4.78, 5) is 26.2. The van der Waals surface area contributed by atoms with Crippen LogP contribution in [0.2, 0.25) is 5.02 Å². The summed E-state index contributed by atoms with van der Waals surface area (Å²) in [5.74, 6) is 1.49. The number of benzene rings is 3. The third-order valence-electron chi connectivity index (χ3n) is 5.77. The number of fused-ring (bicyclic) bond motifs is 3. The minimum atomic E-state index is -0.284. The summed E-state index contributed by atoms with van der Waals surface area (Å²) in [5.41, 5.74) is 1.64. The Morgan fingerprint density at radius 3 is 2.53 bits per heavy atom. The number of carbonyl (C=O) groups excluding carboxylic acids is 1. The summed E-state index contributed by atoms with van der Waals surface area (Å²) >= 11 is 5.92. The van der Waals surface area contributed by atoms with E-state index in [1.54, 1.807) is 54.0 Å². The summed E-state index contributed by atoms with van der Waals surface area (Å²) in [5, 5.41) is 12.0. The number of nitrogens with one attached hydrogen (secondary N) is 1. The first-order valence-corrected chi connectivity index (χ1v) is 11.6. The molecule has 0 unspecified atom stereocenters. The van der Waals surface area contributed by atoms with Crippen molar-refractivity contribution in [1.29, 1.82) is 0 Å². The van der Waals surface area contributed by atoms with Gasteiger partial charge in [0.1, 0.15) is 24.4 Å². The van der Waals surface area contributed by atoms with Crippen LogP contribution in [0.4, 0.5) is 0 Å². The Balaban J connectivity index is 1.38. The molecule has 9 nitrogen and oxygen atoms in total. The summed E-state index contributed by atoms with van der Waals surface area (Å²) in [6.45, 7) is 0.822. The Morgan fingerprint density at radius 2 is 1.78 bits per heavy atom. The molecule has 0 saturated carbocycles. The summed E-state index contributed by atoms with van der Waals surface area (Å²) in [7, 11) is 1.60. The van der Waals surface area contributed by atoms with Gasteiger partial charge in [0.15, 0.2) is 0 Å². The molecule has 0 aliphatic rings. The SMILES string of the molecule is COc1ccc(CNC(=O)c2ccc3c(c2)c(=O)n(CCOc2ccc(Cl)cc2)c2nncn32)cc1. The highest BCUT2D eigenvalue weighted by atomic mass is 35.5. The van der Waals surface area contributed by atoms with E-state index < -0.39 is 0 Å². The molecule has 0 spiro atoms. The highest BCUT2D eigenvalue weighted by Gasteiger charge is 2.15. The van der Waals surface area contributed by atoms with Crippen molar-refractivity contribution in [1.82, 2.24) is 24.5 Å². The Morgan fingerprint density at radius 1 is 1.03 bits per heavy atom. The number of carbonyl (C=O) groups is 1. The van der Waals surface area contributed by atoms with Crippen molar-refractivity contribution in [3.63, 3.8) is 0 Å². The quantitative estimate of drug-likeness (QED) is 0.346. The number of rotatable bonds is 8. The van der Waals surface area contributed by atoms with Gasteiger partial charge < -0.3 is 14.8 Å². The Kier molecular flexibility index (Phi) is 6.55. The normalized spacial score (nSPS) is 11.1. The minimum Gasteiger partial charge on any atom is -0.497 e. The Labute approximate surface area is 210 Å². The van der Waals surface area contributed by atoms with Crippen LogP contribution in [0.15, 0.2) is 77.9 Å². The molecule has 1 amide bonds. The monoisotopic (exact) mass is 503 g/mol. The molecule has 3 aromatic carbocycles. The lowest BCUT2D eigenvalue weighted by Crippen LogP contribution is -2.27. The van der Waals surface area contributed by atoms with Gasteiger partial charge in [-0.3, -0.25) is 18.6 Å². The highest BCUT2D eigenvalue weighted by Crippen LogP contribution is 2.17. The van der Waals surface area contributed by atoms with Gasteiger partial charge in [-0.05, 0) is 60.2 Å². The zero-order chi connectivity index (χ0) is 25.1. The van der Waals surface area contributed by atoms with Crippen molar-refractivity contribution in [3.05, 3.63) is 99.6 Å². The molecular formula is C26H22ClN5O4. The molecule has 10 heteroatoms. The molecule has 182 valence electrons. The van der Waals surface area contributed by atoms with Crippen molar-refractivity contribution in [2.24, 2.45) is 0 Å². The first-order valence-electron chi connectivity index (χ1n) is 11.2. The molecule has 0 fully saturated rings. The standard InChI is InChI=1S/C26H22ClN5O4/c1-35-20-7-2-17(3-8-20)15-28-24(33)18-4-11-23-22(14-18)25(34)31(26-30-29-16-32(23)26)12-13-36-21-9-5-19(27)6-10-21/h2-11,14,16H,12-13,15H2,1H3,(H,28,33). The lowest BCUT2D eigenvalue weighted by molar-refractivity contribution is 0.0951. The summed E-state index contributed by atoms with van der Waals surface area (Å²) in [6, 6.07) is 19.4. The van der Waals surface area contributed by atoms with Gasteiger partial charge in [0.05, 0.1) is 24.6 Å². The number of nitrogens with zero attached hydrogens (tertiary/aromatic N) is 4. The lowest BCUT2D eigenvalue weighted by atomic mass is 10.1. The lowest BCUT2D eigenvalue weighted by Gasteiger charge is -2.12. The third kappa shape index (κ3) is 4.73. The zero-order valence-corrected chi connectivity index (χ0v) is 20.1. The van der Waals surface area contributed by atoms with Crippen molar-refractivity contribution in [2.75, 3.05) is 13.7 Å². The van der Waals surface area contributed by atoms with Crippen LogP contribution in [0, 0.1) is 0 Å². The van der Waals surface area contributed by atoms with Crippen LogP contribution < -0.4 is 20.3 Å². The van der Waals surface area contributed by atoms with Crippen LogP contribution >= 0.6 is 11.6 Å². The average molecular weight is 504 g/mol. The predicted octanol–water partition coefficient (Wildman–Crippen LogP) is 3.72. The molecule has 0 aliphatic heterocycles. The van der Waals surface area contributed by atoms with Gasteiger partial charge in [-0.15, -0.1) is 10.2 Å². The smallest absolute Gasteiger partial charge is 0.262 e.